The summed E-state index contributed by atoms with van der Waals surface area (Å²) in [7, 11) is 0. The lowest BCUT2D eigenvalue weighted by molar-refractivity contribution is 0.667. The summed E-state index contributed by atoms with van der Waals surface area (Å²) in [6.45, 7) is 4.84. The molecule has 11 aromatic carbocycles. The van der Waals surface area contributed by atoms with Crippen LogP contribution in [0.2, 0.25) is 0 Å². The van der Waals surface area contributed by atoms with Gasteiger partial charge in [-0.25, -0.2) is 0 Å². The summed E-state index contributed by atoms with van der Waals surface area (Å²) in [4.78, 5) is 0. The maximum absolute atomic E-state index is 2.49. The Morgan fingerprint density at radius 1 is 0.281 bits per heavy atom. The Bertz CT molecular complexity index is 3420. The fraction of sp³-hybridized carbons (Fsp3) is 0.0526. The van der Waals surface area contributed by atoms with Crippen LogP contribution in [-0.2, 0) is 5.41 Å². The van der Waals surface area contributed by atoms with Crippen LogP contribution in [0.25, 0.3) is 109 Å². The van der Waals surface area contributed by atoms with Crippen molar-refractivity contribution in [3.05, 3.63) is 205 Å². The van der Waals surface area contributed by atoms with E-state index in [1.165, 1.54) is 120 Å². The first-order chi connectivity index (χ1) is 28.1. The average molecular weight is 723 g/mol. The van der Waals surface area contributed by atoms with E-state index in [0.717, 1.165) is 0 Å². The number of hydrogen-bond donors (Lipinski definition) is 0. The van der Waals surface area contributed by atoms with Gasteiger partial charge in [0.05, 0.1) is 0 Å². The molecule has 266 valence electrons. The lowest BCUT2D eigenvalue weighted by Crippen LogP contribution is -2.15. The highest BCUT2D eigenvalue weighted by Crippen LogP contribution is 2.57. The van der Waals surface area contributed by atoms with Crippen molar-refractivity contribution < 1.29 is 0 Å². The minimum atomic E-state index is -0.154. The van der Waals surface area contributed by atoms with Gasteiger partial charge in [0.15, 0.2) is 0 Å². The van der Waals surface area contributed by atoms with Gasteiger partial charge in [0.2, 0.25) is 0 Å². The number of fused-ring (bicyclic) bond motifs is 13. The van der Waals surface area contributed by atoms with Gasteiger partial charge in [0.1, 0.15) is 0 Å². The van der Waals surface area contributed by atoms with E-state index >= 15 is 0 Å². The summed E-state index contributed by atoms with van der Waals surface area (Å²) in [5.41, 5.74) is 13.1. The van der Waals surface area contributed by atoms with Crippen molar-refractivity contribution in [2.45, 2.75) is 19.3 Å². The molecular weight excluding hydrogens is 685 g/mol. The Morgan fingerprint density at radius 2 is 0.789 bits per heavy atom. The van der Waals surface area contributed by atoms with Crippen molar-refractivity contribution in [2.75, 3.05) is 0 Å². The van der Waals surface area contributed by atoms with Crippen molar-refractivity contribution in [3.8, 4) is 44.5 Å². The molecule has 12 rings (SSSR count). The third-order valence-corrected chi connectivity index (χ3v) is 13.0. The van der Waals surface area contributed by atoms with E-state index in [1.54, 1.807) is 0 Å². The van der Waals surface area contributed by atoms with Crippen LogP contribution in [0.15, 0.2) is 194 Å². The zero-order valence-electron chi connectivity index (χ0n) is 32.0. The highest BCUT2D eigenvalue weighted by Gasteiger charge is 2.39. The fourth-order valence-corrected chi connectivity index (χ4v) is 10.6. The molecule has 0 N–H and O–H groups in total. The summed E-state index contributed by atoms with van der Waals surface area (Å²) >= 11 is 0. The second kappa shape index (κ2) is 12.0. The lowest BCUT2D eigenvalue weighted by atomic mass is 9.78. The molecule has 0 heterocycles. The first kappa shape index (κ1) is 32.2. The molecule has 0 aliphatic heterocycles. The predicted molar refractivity (Wildman–Crippen MR) is 245 cm³/mol. The first-order valence-electron chi connectivity index (χ1n) is 20.1. The molecule has 0 spiro atoms. The first-order valence-corrected chi connectivity index (χ1v) is 20.1. The molecule has 1 aliphatic carbocycles. The quantitative estimate of drug-likeness (QED) is 0.126. The smallest absolute Gasteiger partial charge is 0.0165 e. The van der Waals surface area contributed by atoms with Crippen molar-refractivity contribution >= 4 is 64.6 Å². The van der Waals surface area contributed by atoms with Crippen LogP contribution >= 0.6 is 0 Å². The van der Waals surface area contributed by atoms with Crippen LogP contribution in [0.3, 0.4) is 0 Å². The minimum absolute atomic E-state index is 0.154. The number of rotatable bonds is 3. The zero-order valence-corrected chi connectivity index (χ0v) is 32.0. The number of hydrogen-bond acceptors (Lipinski definition) is 0. The van der Waals surface area contributed by atoms with E-state index < -0.39 is 0 Å². The van der Waals surface area contributed by atoms with Crippen molar-refractivity contribution in [2.24, 2.45) is 0 Å². The van der Waals surface area contributed by atoms with Gasteiger partial charge in [0, 0.05) is 5.41 Å². The maximum atomic E-state index is 2.49. The van der Waals surface area contributed by atoms with Crippen molar-refractivity contribution in [3.63, 3.8) is 0 Å². The van der Waals surface area contributed by atoms with E-state index in [4.69, 9.17) is 0 Å². The average Bonchev–Trinajstić information content (AvgIpc) is 3.52. The third-order valence-electron chi connectivity index (χ3n) is 13.0. The largest absolute Gasteiger partial charge is 0.0622 e. The Kier molecular flexibility index (Phi) is 6.78. The predicted octanol–water partition coefficient (Wildman–Crippen LogP) is 15.9. The molecule has 0 nitrogen and oxygen atoms in total. The monoisotopic (exact) mass is 722 g/mol. The van der Waals surface area contributed by atoms with Gasteiger partial charge < -0.3 is 0 Å². The molecule has 0 heteroatoms. The molecule has 0 saturated carbocycles. The van der Waals surface area contributed by atoms with Gasteiger partial charge in [-0.15, -0.1) is 0 Å². The summed E-state index contributed by atoms with van der Waals surface area (Å²) in [5.74, 6) is 0. The van der Waals surface area contributed by atoms with Crippen LogP contribution < -0.4 is 0 Å². The topological polar surface area (TPSA) is 0 Å². The standard InChI is InChI=1S/C57H38/c1-57(2)51-33-29-36-18-6-7-19-39(36)54(51)55-43-23-11-10-22-42(43)50-34-37(28-30-49(50)56(55)57)52-44-24-12-14-26-46(44)53(47-27-15-13-25-45(47)52)48-32-31-38(35-16-4-3-5-17-35)40-20-8-9-21-41(40)48/h3-34H,1-2H3. The molecule has 0 bridgehead atoms. The van der Waals surface area contributed by atoms with Crippen LogP contribution in [0.5, 0.6) is 0 Å². The van der Waals surface area contributed by atoms with Crippen LogP contribution in [-0.4, -0.2) is 0 Å². The molecule has 1 aliphatic rings. The summed E-state index contributed by atoms with van der Waals surface area (Å²) in [6, 6.07) is 72.5. The van der Waals surface area contributed by atoms with E-state index in [2.05, 4.69) is 208 Å². The van der Waals surface area contributed by atoms with Gasteiger partial charge in [0.25, 0.3) is 0 Å². The zero-order chi connectivity index (χ0) is 37.8. The van der Waals surface area contributed by atoms with Gasteiger partial charge in [-0.1, -0.05) is 202 Å². The molecule has 0 saturated heterocycles. The number of benzene rings is 11. The fourth-order valence-electron chi connectivity index (χ4n) is 10.6. The van der Waals surface area contributed by atoms with Gasteiger partial charge in [-0.3, -0.25) is 0 Å². The molecule has 0 unspecified atom stereocenters. The van der Waals surface area contributed by atoms with Gasteiger partial charge in [-0.05, 0) is 126 Å². The van der Waals surface area contributed by atoms with E-state index in [1.807, 2.05) is 0 Å². The minimum Gasteiger partial charge on any atom is -0.0622 e. The molecule has 57 heavy (non-hydrogen) atoms. The second-order valence-electron chi connectivity index (χ2n) is 16.3. The Morgan fingerprint density at radius 3 is 1.46 bits per heavy atom. The Labute approximate surface area is 332 Å². The molecule has 0 amide bonds. The summed E-state index contributed by atoms with van der Waals surface area (Å²) < 4.78 is 0. The lowest BCUT2D eigenvalue weighted by Gasteiger charge is -2.24. The SMILES string of the molecule is CC1(C)c2ccc3ccccc3c2-c2c1c1ccc(-c3c4ccccc4c(-c4ccc(-c5ccccc5)c5ccccc45)c4ccccc34)cc1c1ccccc21. The maximum Gasteiger partial charge on any atom is 0.0165 e. The van der Waals surface area contributed by atoms with E-state index in [0.29, 0.717) is 0 Å². The third kappa shape index (κ3) is 4.50. The Hall–Kier alpha value is -7.02. The van der Waals surface area contributed by atoms with Gasteiger partial charge in [-0.2, -0.15) is 0 Å². The normalized spacial score (nSPS) is 13.2. The van der Waals surface area contributed by atoms with E-state index in [-0.39, 0.29) is 5.41 Å². The molecule has 0 aromatic heterocycles. The highest BCUT2D eigenvalue weighted by atomic mass is 14.4. The van der Waals surface area contributed by atoms with Crippen molar-refractivity contribution in [1.82, 2.24) is 0 Å². The van der Waals surface area contributed by atoms with Crippen LogP contribution in [0, 0.1) is 0 Å². The molecule has 11 aromatic rings. The van der Waals surface area contributed by atoms with Gasteiger partial charge >= 0.3 is 0 Å². The molecule has 0 atom stereocenters. The summed E-state index contributed by atoms with van der Waals surface area (Å²) in [6.07, 6.45) is 0. The summed E-state index contributed by atoms with van der Waals surface area (Å²) in [5, 5.41) is 15.5. The molecule has 0 radical (unpaired) electrons. The second-order valence-corrected chi connectivity index (χ2v) is 16.3. The Balaban J connectivity index is 1.15. The van der Waals surface area contributed by atoms with E-state index in [9.17, 15) is 0 Å². The highest BCUT2D eigenvalue weighted by molar-refractivity contribution is 6.26. The van der Waals surface area contributed by atoms with Crippen molar-refractivity contribution in [1.29, 1.82) is 0 Å². The molecule has 0 fully saturated rings. The molecular formula is C57H38. The van der Waals surface area contributed by atoms with Crippen LogP contribution in [0.4, 0.5) is 0 Å². The van der Waals surface area contributed by atoms with Crippen LogP contribution in [0.1, 0.15) is 25.0 Å².